The molecule has 0 aliphatic carbocycles. The zero-order valence-electron chi connectivity index (χ0n) is 15.8. The Morgan fingerprint density at radius 3 is 2.39 bits per heavy atom. The van der Waals surface area contributed by atoms with Crippen LogP contribution in [-0.4, -0.2) is 46.2 Å². The summed E-state index contributed by atoms with van der Waals surface area (Å²) in [5, 5.41) is 4.85. The number of hydrogen-bond donors (Lipinski definition) is 0. The van der Waals surface area contributed by atoms with Crippen molar-refractivity contribution in [1.82, 2.24) is 20.0 Å². The lowest BCUT2D eigenvalue weighted by atomic mass is 10.0. The van der Waals surface area contributed by atoms with Crippen LogP contribution in [0.15, 0.2) is 47.2 Å². The van der Waals surface area contributed by atoms with Crippen molar-refractivity contribution in [2.24, 2.45) is 11.8 Å². The van der Waals surface area contributed by atoms with Gasteiger partial charge in [0.2, 0.25) is 0 Å². The summed E-state index contributed by atoms with van der Waals surface area (Å²) < 4.78 is 5.18. The molecule has 4 heterocycles. The molecule has 2 aliphatic rings. The Kier molecular flexibility index (Phi) is 4.53. The van der Waals surface area contributed by atoms with Crippen LogP contribution in [0.25, 0.3) is 11.3 Å². The molecule has 0 N–H and O–H groups in total. The summed E-state index contributed by atoms with van der Waals surface area (Å²) in [7, 11) is 0. The first-order valence-corrected chi connectivity index (χ1v) is 9.99. The molecular formula is C21H22ClN5O. The van der Waals surface area contributed by atoms with Crippen LogP contribution in [0.5, 0.6) is 0 Å². The topological polar surface area (TPSA) is 58.3 Å². The molecule has 2 aliphatic heterocycles. The van der Waals surface area contributed by atoms with Gasteiger partial charge in [0.25, 0.3) is 0 Å². The number of aryl methyl sites for hydroxylation is 1. The molecule has 2 fully saturated rings. The minimum absolute atomic E-state index is 0.672. The van der Waals surface area contributed by atoms with Crippen LogP contribution in [0.1, 0.15) is 11.5 Å². The van der Waals surface area contributed by atoms with Crippen LogP contribution in [0.4, 0.5) is 5.82 Å². The molecule has 1 aromatic carbocycles. The highest BCUT2D eigenvalue weighted by Crippen LogP contribution is 2.34. The van der Waals surface area contributed by atoms with Gasteiger partial charge >= 0.3 is 0 Å². The summed E-state index contributed by atoms with van der Waals surface area (Å²) in [6.07, 6.45) is 3.74. The van der Waals surface area contributed by atoms with E-state index in [1.807, 2.05) is 49.6 Å². The van der Waals surface area contributed by atoms with Crippen molar-refractivity contribution in [3.05, 3.63) is 59.2 Å². The smallest absolute Gasteiger partial charge is 0.147 e. The largest absolute Gasteiger partial charge is 0.361 e. The maximum Gasteiger partial charge on any atom is 0.147 e. The van der Waals surface area contributed by atoms with Crippen molar-refractivity contribution < 1.29 is 4.52 Å². The fourth-order valence-corrected chi connectivity index (χ4v) is 4.51. The minimum Gasteiger partial charge on any atom is -0.361 e. The first-order valence-electron chi connectivity index (χ1n) is 9.61. The molecule has 28 heavy (non-hydrogen) atoms. The van der Waals surface area contributed by atoms with Gasteiger partial charge in [-0.3, -0.25) is 9.88 Å². The molecule has 7 heteroatoms. The fourth-order valence-electron chi connectivity index (χ4n) is 4.38. The zero-order valence-corrected chi connectivity index (χ0v) is 16.5. The number of hydrogen-bond acceptors (Lipinski definition) is 6. The van der Waals surface area contributed by atoms with E-state index in [1.54, 1.807) is 0 Å². The number of rotatable bonds is 4. The predicted octanol–water partition coefficient (Wildman–Crippen LogP) is 3.66. The molecule has 0 bridgehead atoms. The summed E-state index contributed by atoms with van der Waals surface area (Å²) in [5.74, 6) is 3.18. The predicted molar refractivity (Wildman–Crippen MR) is 108 cm³/mol. The Balaban J connectivity index is 1.21. The maximum absolute atomic E-state index is 5.96. The summed E-state index contributed by atoms with van der Waals surface area (Å²) in [5.41, 5.74) is 2.92. The van der Waals surface area contributed by atoms with E-state index in [0.717, 1.165) is 66.3 Å². The van der Waals surface area contributed by atoms with Gasteiger partial charge < -0.3 is 9.42 Å². The number of anilines is 1. The quantitative estimate of drug-likeness (QED) is 0.671. The van der Waals surface area contributed by atoms with Crippen molar-refractivity contribution in [3.63, 3.8) is 0 Å². The molecule has 0 spiro atoms. The first-order chi connectivity index (χ1) is 13.6. The van der Waals surface area contributed by atoms with Crippen LogP contribution >= 0.6 is 11.6 Å². The second-order valence-electron chi connectivity index (χ2n) is 7.81. The molecule has 144 valence electrons. The lowest BCUT2D eigenvalue weighted by Crippen LogP contribution is -2.29. The molecule has 2 aromatic heterocycles. The van der Waals surface area contributed by atoms with Crippen molar-refractivity contribution in [1.29, 1.82) is 0 Å². The molecule has 0 saturated carbocycles. The first kappa shape index (κ1) is 17.6. The normalized spacial score (nSPS) is 22.0. The third kappa shape index (κ3) is 3.50. The van der Waals surface area contributed by atoms with Crippen LogP contribution in [0.2, 0.25) is 5.02 Å². The maximum atomic E-state index is 5.96. The van der Waals surface area contributed by atoms with Gasteiger partial charge in [-0.2, -0.15) is 0 Å². The zero-order chi connectivity index (χ0) is 19.1. The summed E-state index contributed by atoms with van der Waals surface area (Å²) in [6, 6.07) is 9.72. The molecule has 2 unspecified atom stereocenters. The van der Waals surface area contributed by atoms with Crippen LogP contribution in [0, 0.1) is 18.8 Å². The van der Waals surface area contributed by atoms with E-state index < -0.39 is 0 Å². The second kappa shape index (κ2) is 7.18. The third-order valence-corrected chi connectivity index (χ3v) is 5.98. The number of aromatic nitrogens is 3. The van der Waals surface area contributed by atoms with Crippen molar-refractivity contribution >= 4 is 17.4 Å². The van der Waals surface area contributed by atoms with Crippen LogP contribution in [0.3, 0.4) is 0 Å². The number of halogens is 1. The molecule has 5 rings (SSSR count). The summed E-state index contributed by atoms with van der Waals surface area (Å²) in [4.78, 5) is 14.1. The summed E-state index contributed by atoms with van der Waals surface area (Å²) in [6.45, 7) is 7.08. The number of nitrogens with zero attached hydrogens (tertiary/aromatic N) is 5. The third-order valence-electron chi connectivity index (χ3n) is 5.73. The van der Waals surface area contributed by atoms with Gasteiger partial charge in [-0.15, -0.1) is 0 Å². The van der Waals surface area contributed by atoms with E-state index in [2.05, 4.69) is 24.9 Å². The molecule has 3 aromatic rings. The highest BCUT2D eigenvalue weighted by atomic mass is 35.5. The fraction of sp³-hybridized carbons (Fsp3) is 0.381. The molecule has 2 atom stereocenters. The molecule has 0 radical (unpaired) electrons. The van der Waals surface area contributed by atoms with Gasteiger partial charge in [0.1, 0.15) is 11.6 Å². The van der Waals surface area contributed by atoms with Crippen molar-refractivity contribution in [2.75, 3.05) is 31.1 Å². The van der Waals surface area contributed by atoms with Gasteiger partial charge in [-0.05, 0) is 30.9 Å². The SMILES string of the molecule is Cc1cc(CN2CC3CN(c4cnc(-c5ccc(Cl)cc5)cn4)CC3C2)no1. The molecule has 2 saturated heterocycles. The molecule has 6 nitrogen and oxygen atoms in total. The van der Waals surface area contributed by atoms with Crippen LogP contribution in [-0.2, 0) is 6.54 Å². The molecule has 0 amide bonds. The van der Waals surface area contributed by atoms with Gasteiger partial charge in [0, 0.05) is 49.4 Å². The minimum atomic E-state index is 0.672. The average Bonchev–Trinajstić information content (AvgIpc) is 3.38. The van der Waals surface area contributed by atoms with E-state index in [-0.39, 0.29) is 0 Å². The van der Waals surface area contributed by atoms with Gasteiger partial charge in [-0.25, -0.2) is 4.98 Å². The molecular weight excluding hydrogens is 374 g/mol. The van der Waals surface area contributed by atoms with E-state index in [9.17, 15) is 0 Å². The Morgan fingerprint density at radius 1 is 1.04 bits per heavy atom. The van der Waals surface area contributed by atoms with Gasteiger partial charge in [0.15, 0.2) is 0 Å². The van der Waals surface area contributed by atoms with Crippen molar-refractivity contribution in [3.8, 4) is 11.3 Å². The van der Waals surface area contributed by atoms with E-state index in [0.29, 0.717) is 11.8 Å². The monoisotopic (exact) mass is 395 g/mol. The van der Waals surface area contributed by atoms with Gasteiger partial charge in [-0.1, -0.05) is 28.9 Å². The Morgan fingerprint density at radius 2 is 1.79 bits per heavy atom. The summed E-state index contributed by atoms with van der Waals surface area (Å²) >= 11 is 5.96. The average molecular weight is 396 g/mol. The van der Waals surface area contributed by atoms with Crippen LogP contribution < -0.4 is 4.90 Å². The van der Waals surface area contributed by atoms with Crippen molar-refractivity contribution in [2.45, 2.75) is 13.5 Å². The van der Waals surface area contributed by atoms with E-state index in [1.165, 1.54) is 0 Å². The van der Waals surface area contributed by atoms with E-state index >= 15 is 0 Å². The number of likely N-dealkylation sites (tertiary alicyclic amines) is 1. The Labute approximate surface area is 169 Å². The van der Waals surface area contributed by atoms with Gasteiger partial charge in [0.05, 0.1) is 23.8 Å². The Bertz CT molecular complexity index is 942. The lowest BCUT2D eigenvalue weighted by molar-refractivity contribution is 0.294. The highest BCUT2D eigenvalue weighted by Gasteiger charge is 2.40. The highest BCUT2D eigenvalue weighted by molar-refractivity contribution is 6.30. The number of fused-ring (bicyclic) bond motifs is 1. The number of benzene rings is 1. The Hall–Kier alpha value is -2.44. The lowest BCUT2D eigenvalue weighted by Gasteiger charge is -2.21. The standard InChI is InChI=1S/C21H22ClN5O/c1-14-6-19(25-28-14)13-26-9-16-11-27(12-17(16)10-26)21-8-23-20(7-24-21)15-2-4-18(22)5-3-15/h2-8,16-17H,9-13H2,1H3. The second-order valence-corrected chi connectivity index (χ2v) is 8.25. The van der Waals surface area contributed by atoms with E-state index in [4.69, 9.17) is 16.1 Å².